The molecular formula is C15H26N2S. The second kappa shape index (κ2) is 6.18. The first-order valence-corrected chi connectivity index (χ1v) is 8.00. The lowest BCUT2D eigenvalue weighted by Gasteiger charge is -2.34. The van der Waals surface area contributed by atoms with Gasteiger partial charge in [0, 0.05) is 29.5 Å². The lowest BCUT2D eigenvalue weighted by Crippen LogP contribution is -2.42. The molecule has 0 saturated carbocycles. The number of nitrogens with zero attached hydrogens (tertiary/aromatic N) is 1. The minimum absolute atomic E-state index is 0.535. The van der Waals surface area contributed by atoms with Crippen LogP contribution in [0.2, 0.25) is 0 Å². The molecule has 3 heteroatoms. The lowest BCUT2D eigenvalue weighted by molar-refractivity contribution is 0.151. The fourth-order valence-corrected chi connectivity index (χ4v) is 3.95. The Morgan fingerprint density at radius 1 is 1.44 bits per heavy atom. The van der Waals surface area contributed by atoms with Crippen LogP contribution in [0, 0.1) is 6.92 Å². The van der Waals surface area contributed by atoms with E-state index in [2.05, 4.69) is 49.4 Å². The van der Waals surface area contributed by atoms with Crippen molar-refractivity contribution in [3.8, 4) is 0 Å². The van der Waals surface area contributed by atoms with Crippen LogP contribution in [-0.2, 0) is 0 Å². The topological polar surface area (TPSA) is 15.3 Å². The Labute approximate surface area is 115 Å². The fourth-order valence-electron chi connectivity index (χ4n) is 2.95. The summed E-state index contributed by atoms with van der Waals surface area (Å²) in [5.74, 6) is 0. The molecule has 1 aromatic heterocycles. The largest absolute Gasteiger partial charge is 0.313 e. The van der Waals surface area contributed by atoms with E-state index in [1.54, 1.807) is 0 Å². The molecule has 18 heavy (non-hydrogen) atoms. The fraction of sp³-hybridized carbons (Fsp3) is 0.733. The molecular weight excluding hydrogens is 240 g/mol. The molecule has 1 N–H and O–H groups in total. The van der Waals surface area contributed by atoms with Gasteiger partial charge in [-0.1, -0.05) is 0 Å². The molecule has 2 nitrogen and oxygen atoms in total. The summed E-state index contributed by atoms with van der Waals surface area (Å²) < 4.78 is 0. The molecule has 1 fully saturated rings. The first kappa shape index (κ1) is 14.0. The first-order valence-electron chi connectivity index (χ1n) is 7.12. The van der Waals surface area contributed by atoms with Crippen molar-refractivity contribution in [3.05, 3.63) is 21.9 Å². The van der Waals surface area contributed by atoms with Crippen LogP contribution >= 0.6 is 11.3 Å². The van der Waals surface area contributed by atoms with Crippen molar-refractivity contribution in [2.45, 2.75) is 58.7 Å². The monoisotopic (exact) mass is 266 g/mol. The second-order valence-corrected chi connectivity index (χ2v) is 6.68. The SMILES string of the molecule is Cc1ccsc1C(C)N(CC1CCCN1)C(C)C. The predicted molar refractivity (Wildman–Crippen MR) is 80.3 cm³/mol. The Kier molecular flexibility index (Phi) is 4.82. The molecule has 2 rings (SSSR count). The average molecular weight is 266 g/mol. The van der Waals surface area contributed by atoms with Crippen LogP contribution in [0.25, 0.3) is 0 Å². The van der Waals surface area contributed by atoms with E-state index in [9.17, 15) is 0 Å². The minimum Gasteiger partial charge on any atom is -0.313 e. The van der Waals surface area contributed by atoms with Crippen molar-refractivity contribution in [2.24, 2.45) is 0 Å². The van der Waals surface area contributed by atoms with Gasteiger partial charge in [-0.15, -0.1) is 11.3 Å². The number of thiophene rings is 1. The highest BCUT2D eigenvalue weighted by Gasteiger charge is 2.25. The Balaban J connectivity index is 2.07. The zero-order valence-corrected chi connectivity index (χ0v) is 12.9. The van der Waals surface area contributed by atoms with Crippen molar-refractivity contribution in [3.63, 3.8) is 0 Å². The third kappa shape index (κ3) is 3.14. The molecule has 102 valence electrons. The van der Waals surface area contributed by atoms with Crippen LogP contribution in [-0.4, -0.2) is 30.1 Å². The maximum absolute atomic E-state index is 3.62. The van der Waals surface area contributed by atoms with Crippen molar-refractivity contribution >= 4 is 11.3 Å². The molecule has 2 atom stereocenters. The number of aryl methyl sites for hydroxylation is 1. The van der Waals surface area contributed by atoms with E-state index >= 15 is 0 Å². The van der Waals surface area contributed by atoms with Gasteiger partial charge in [-0.3, -0.25) is 4.90 Å². The molecule has 0 aliphatic carbocycles. The highest BCUT2D eigenvalue weighted by molar-refractivity contribution is 7.10. The van der Waals surface area contributed by atoms with Crippen LogP contribution in [0.3, 0.4) is 0 Å². The zero-order valence-electron chi connectivity index (χ0n) is 12.1. The molecule has 0 amide bonds. The van der Waals surface area contributed by atoms with E-state index < -0.39 is 0 Å². The summed E-state index contributed by atoms with van der Waals surface area (Å²) in [6.07, 6.45) is 2.67. The average Bonchev–Trinajstić information content (AvgIpc) is 2.95. The maximum atomic E-state index is 3.62. The van der Waals surface area contributed by atoms with Gasteiger partial charge < -0.3 is 5.32 Å². The minimum atomic E-state index is 0.535. The Morgan fingerprint density at radius 3 is 2.72 bits per heavy atom. The van der Waals surface area contributed by atoms with E-state index in [4.69, 9.17) is 0 Å². The van der Waals surface area contributed by atoms with E-state index in [0.717, 1.165) is 0 Å². The molecule has 0 aromatic carbocycles. The molecule has 2 heterocycles. The lowest BCUT2D eigenvalue weighted by atomic mass is 10.1. The van der Waals surface area contributed by atoms with Crippen LogP contribution < -0.4 is 5.32 Å². The van der Waals surface area contributed by atoms with Crippen LogP contribution in [0.15, 0.2) is 11.4 Å². The standard InChI is InChI=1S/C15H26N2S/c1-11(2)17(10-14-6-5-8-16-14)13(4)15-12(3)7-9-18-15/h7,9,11,13-14,16H,5-6,8,10H2,1-4H3. The van der Waals surface area contributed by atoms with E-state index in [-0.39, 0.29) is 0 Å². The van der Waals surface area contributed by atoms with Gasteiger partial charge in [-0.05, 0) is 64.1 Å². The van der Waals surface area contributed by atoms with Gasteiger partial charge in [0.15, 0.2) is 0 Å². The normalized spacial score (nSPS) is 22.0. The van der Waals surface area contributed by atoms with Gasteiger partial charge >= 0.3 is 0 Å². The first-order chi connectivity index (χ1) is 8.59. The summed E-state index contributed by atoms with van der Waals surface area (Å²) in [5, 5.41) is 5.83. The van der Waals surface area contributed by atoms with Crippen molar-refractivity contribution in [1.82, 2.24) is 10.2 Å². The van der Waals surface area contributed by atoms with Crippen LogP contribution in [0.4, 0.5) is 0 Å². The number of nitrogens with one attached hydrogen (secondary N) is 1. The molecule has 0 bridgehead atoms. The summed E-state index contributed by atoms with van der Waals surface area (Å²) in [5.41, 5.74) is 1.44. The second-order valence-electron chi connectivity index (χ2n) is 5.73. The summed E-state index contributed by atoms with van der Waals surface area (Å²) in [6, 6.07) is 4.06. The highest BCUT2D eigenvalue weighted by Crippen LogP contribution is 2.30. The van der Waals surface area contributed by atoms with Crippen LogP contribution in [0.5, 0.6) is 0 Å². The summed E-state index contributed by atoms with van der Waals surface area (Å²) in [4.78, 5) is 4.17. The van der Waals surface area contributed by atoms with E-state index in [0.29, 0.717) is 18.1 Å². The molecule has 1 aliphatic heterocycles. The Hall–Kier alpha value is -0.380. The van der Waals surface area contributed by atoms with Crippen molar-refractivity contribution < 1.29 is 0 Å². The third-order valence-electron chi connectivity index (χ3n) is 4.04. The van der Waals surface area contributed by atoms with Crippen molar-refractivity contribution in [1.29, 1.82) is 0 Å². The highest BCUT2D eigenvalue weighted by atomic mass is 32.1. The number of rotatable bonds is 5. The number of hydrogen-bond acceptors (Lipinski definition) is 3. The Bertz CT molecular complexity index is 366. The van der Waals surface area contributed by atoms with Gasteiger partial charge in [0.05, 0.1) is 0 Å². The molecule has 0 spiro atoms. The molecule has 1 saturated heterocycles. The summed E-state index contributed by atoms with van der Waals surface area (Å²) >= 11 is 1.90. The molecule has 2 unspecified atom stereocenters. The zero-order chi connectivity index (χ0) is 13.1. The molecule has 1 aromatic rings. The summed E-state index contributed by atoms with van der Waals surface area (Å²) in [7, 11) is 0. The van der Waals surface area contributed by atoms with Gasteiger partial charge in [0.25, 0.3) is 0 Å². The van der Waals surface area contributed by atoms with E-state index in [1.165, 1.54) is 36.4 Å². The quantitative estimate of drug-likeness (QED) is 0.876. The molecule has 0 radical (unpaired) electrons. The van der Waals surface area contributed by atoms with Crippen LogP contribution in [0.1, 0.15) is 50.1 Å². The summed E-state index contributed by atoms with van der Waals surface area (Å²) in [6.45, 7) is 11.6. The van der Waals surface area contributed by atoms with Gasteiger partial charge in [-0.25, -0.2) is 0 Å². The maximum Gasteiger partial charge on any atom is 0.0419 e. The smallest absolute Gasteiger partial charge is 0.0419 e. The van der Waals surface area contributed by atoms with Crippen molar-refractivity contribution in [2.75, 3.05) is 13.1 Å². The number of hydrogen-bond donors (Lipinski definition) is 1. The van der Waals surface area contributed by atoms with E-state index in [1.807, 2.05) is 11.3 Å². The van der Waals surface area contributed by atoms with Gasteiger partial charge in [-0.2, -0.15) is 0 Å². The Morgan fingerprint density at radius 2 is 2.22 bits per heavy atom. The molecule has 1 aliphatic rings. The predicted octanol–water partition coefficient (Wildman–Crippen LogP) is 3.58. The third-order valence-corrected chi connectivity index (χ3v) is 5.22. The van der Waals surface area contributed by atoms with Gasteiger partial charge in [0.1, 0.15) is 0 Å². The van der Waals surface area contributed by atoms with Gasteiger partial charge in [0.2, 0.25) is 0 Å².